The normalized spacial score (nSPS) is 15.1. The van der Waals surface area contributed by atoms with Crippen LogP contribution in [0.15, 0.2) is 18.2 Å². The highest BCUT2D eigenvalue weighted by atomic mass is 16.5. The van der Waals surface area contributed by atoms with Gasteiger partial charge in [-0.05, 0) is 30.0 Å². The fourth-order valence-electron chi connectivity index (χ4n) is 2.35. The van der Waals surface area contributed by atoms with Crippen LogP contribution in [0.25, 0.3) is 0 Å². The van der Waals surface area contributed by atoms with E-state index in [1.165, 1.54) is 11.1 Å². The van der Waals surface area contributed by atoms with Crippen LogP contribution >= 0.6 is 0 Å². The van der Waals surface area contributed by atoms with E-state index in [-0.39, 0.29) is 5.41 Å². The third kappa shape index (κ3) is 3.03. The molecule has 1 aliphatic heterocycles. The van der Waals surface area contributed by atoms with E-state index in [1.54, 1.807) is 7.11 Å². The predicted molar refractivity (Wildman–Crippen MR) is 73.2 cm³/mol. The lowest BCUT2D eigenvalue weighted by Crippen LogP contribution is -2.34. The Labute approximate surface area is 109 Å². The van der Waals surface area contributed by atoms with E-state index in [2.05, 4.69) is 37.4 Å². The van der Waals surface area contributed by atoms with E-state index in [1.807, 2.05) is 0 Å². The number of aryl methyl sites for hydroxylation is 1. The molecule has 3 nitrogen and oxygen atoms in total. The SMILES string of the molecule is COCNCC(C)(C)c1ccc2c(c1)CCCO2. The van der Waals surface area contributed by atoms with Crippen LogP contribution in [0.1, 0.15) is 31.4 Å². The Morgan fingerprint density at radius 1 is 1.39 bits per heavy atom. The van der Waals surface area contributed by atoms with Gasteiger partial charge in [0.05, 0.1) is 13.3 Å². The van der Waals surface area contributed by atoms with E-state index in [0.717, 1.165) is 31.7 Å². The van der Waals surface area contributed by atoms with Crippen LogP contribution in [0.3, 0.4) is 0 Å². The first-order chi connectivity index (χ1) is 8.63. The van der Waals surface area contributed by atoms with Gasteiger partial charge in [0.1, 0.15) is 5.75 Å². The van der Waals surface area contributed by atoms with Crippen molar-refractivity contribution in [1.82, 2.24) is 5.32 Å². The van der Waals surface area contributed by atoms with Crippen molar-refractivity contribution in [3.63, 3.8) is 0 Å². The zero-order valence-corrected chi connectivity index (χ0v) is 11.6. The standard InChI is InChI=1S/C15H23NO2/c1-15(2,10-16-11-17-3)13-6-7-14-12(9-13)5-4-8-18-14/h6-7,9,16H,4-5,8,10-11H2,1-3H3. The number of hydrogen-bond acceptors (Lipinski definition) is 3. The highest BCUT2D eigenvalue weighted by molar-refractivity contribution is 5.41. The maximum absolute atomic E-state index is 5.65. The minimum Gasteiger partial charge on any atom is -0.493 e. The Kier molecular flexibility index (Phi) is 4.25. The summed E-state index contributed by atoms with van der Waals surface area (Å²) in [7, 11) is 1.70. The lowest BCUT2D eigenvalue weighted by atomic mass is 9.83. The summed E-state index contributed by atoms with van der Waals surface area (Å²) in [6, 6.07) is 6.59. The van der Waals surface area contributed by atoms with Crippen molar-refractivity contribution >= 4 is 0 Å². The molecule has 0 aromatic heterocycles. The molecule has 1 aromatic carbocycles. The second-order valence-corrected chi connectivity index (χ2v) is 5.52. The molecule has 1 aromatic rings. The lowest BCUT2D eigenvalue weighted by molar-refractivity contribution is 0.169. The van der Waals surface area contributed by atoms with Gasteiger partial charge in [0.15, 0.2) is 0 Å². The quantitative estimate of drug-likeness (QED) is 0.642. The van der Waals surface area contributed by atoms with Crippen LogP contribution in [-0.4, -0.2) is 27.0 Å². The highest BCUT2D eigenvalue weighted by Gasteiger charge is 2.22. The van der Waals surface area contributed by atoms with Crippen molar-refractivity contribution in [1.29, 1.82) is 0 Å². The number of hydrogen-bond donors (Lipinski definition) is 1. The van der Waals surface area contributed by atoms with Crippen LogP contribution < -0.4 is 10.1 Å². The molecule has 0 amide bonds. The van der Waals surface area contributed by atoms with Crippen molar-refractivity contribution in [3.8, 4) is 5.75 Å². The number of benzene rings is 1. The van der Waals surface area contributed by atoms with E-state index in [4.69, 9.17) is 9.47 Å². The minimum absolute atomic E-state index is 0.102. The summed E-state index contributed by atoms with van der Waals surface area (Å²) in [6.45, 7) is 6.85. The summed E-state index contributed by atoms with van der Waals surface area (Å²) in [5, 5.41) is 3.30. The molecule has 100 valence electrons. The molecule has 1 heterocycles. The maximum Gasteiger partial charge on any atom is 0.122 e. The Morgan fingerprint density at radius 2 is 2.22 bits per heavy atom. The molecule has 0 bridgehead atoms. The van der Waals surface area contributed by atoms with Crippen LogP contribution in [-0.2, 0) is 16.6 Å². The molecular weight excluding hydrogens is 226 g/mol. The molecule has 18 heavy (non-hydrogen) atoms. The van der Waals surface area contributed by atoms with E-state index in [9.17, 15) is 0 Å². The first-order valence-corrected chi connectivity index (χ1v) is 6.59. The van der Waals surface area contributed by atoms with Gasteiger partial charge in [-0.3, -0.25) is 5.32 Å². The van der Waals surface area contributed by atoms with Crippen LogP contribution in [0.4, 0.5) is 0 Å². The Balaban J connectivity index is 2.11. The summed E-state index contributed by atoms with van der Waals surface area (Å²) in [6.07, 6.45) is 2.25. The monoisotopic (exact) mass is 249 g/mol. The second kappa shape index (κ2) is 5.72. The molecule has 0 spiro atoms. The number of rotatable bonds is 5. The molecular formula is C15H23NO2. The van der Waals surface area contributed by atoms with Crippen molar-refractivity contribution in [2.24, 2.45) is 0 Å². The topological polar surface area (TPSA) is 30.5 Å². The van der Waals surface area contributed by atoms with Crippen LogP contribution in [0.5, 0.6) is 5.75 Å². The van der Waals surface area contributed by atoms with E-state index in [0.29, 0.717) is 6.73 Å². The van der Waals surface area contributed by atoms with Gasteiger partial charge >= 0.3 is 0 Å². The van der Waals surface area contributed by atoms with Gasteiger partial charge in [-0.25, -0.2) is 0 Å². The molecule has 3 heteroatoms. The van der Waals surface area contributed by atoms with Gasteiger partial charge in [0.25, 0.3) is 0 Å². The smallest absolute Gasteiger partial charge is 0.122 e. The molecule has 0 saturated carbocycles. The first-order valence-electron chi connectivity index (χ1n) is 6.59. The number of ether oxygens (including phenoxy) is 2. The Bertz CT molecular complexity index is 401. The average molecular weight is 249 g/mol. The number of nitrogens with one attached hydrogen (secondary N) is 1. The van der Waals surface area contributed by atoms with Gasteiger partial charge < -0.3 is 9.47 Å². The summed E-state index contributed by atoms with van der Waals surface area (Å²) in [5.41, 5.74) is 2.80. The fourth-order valence-corrected chi connectivity index (χ4v) is 2.35. The molecule has 0 unspecified atom stereocenters. The summed E-state index contributed by atoms with van der Waals surface area (Å²) in [5.74, 6) is 1.06. The molecule has 1 aliphatic rings. The number of fused-ring (bicyclic) bond motifs is 1. The van der Waals surface area contributed by atoms with Crippen LogP contribution in [0.2, 0.25) is 0 Å². The van der Waals surface area contributed by atoms with Crippen molar-refractivity contribution in [3.05, 3.63) is 29.3 Å². The van der Waals surface area contributed by atoms with Crippen molar-refractivity contribution in [2.75, 3.05) is 27.0 Å². The van der Waals surface area contributed by atoms with Gasteiger partial charge in [-0.2, -0.15) is 0 Å². The van der Waals surface area contributed by atoms with Crippen molar-refractivity contribution in [2.45, 2.75) is 32.1 Å². The lowest BCUT2D eigenvalue weighted by Gasteiger charge is -2.27. The van der Waals surface area contributed by atoms with Crippen molar-refractivity contribution < 1.29 is 9.47 Å². The highest BCUT2D eigenvalue weighted by Crippen LogP contribution is 2.30. The minimum atomic E-state index is 0.102. The molecule has 0 saturated heterocycles. The van der Waals surface area contributed by atoms with Gasteiger partial charge in [-0.15, -0.1) is 0 Å². The van der Waals surface area contributed by atoms with E-state index < -0.39 is 0 Å². The second-order valence-electron chi connectivity index (χ2n) is 5.52. The molecule has 1 N–H and O–H groups in total. The Hall–Kier alpha value is -1.06. The summed E-state index contributed by atoms with van der Waals surface area (Å²) >= 11 is 0. The molecule has 0 atom stereocenters. The first kappa shape index (κ1) is 13.4. The number of methoxy groups -OCH3 is 1. The molecule has 0 radical (unpaired) electrons. The van der Waals surface area contributed by atoms with Crippen LogP contribution in [0, 0.1) is 0 Å². The van der Waals surface area contributed by atoms with Gasteiger partial charge in [0.2, 0.25) is 0 Å². The zero-order valence-electron chi connectivity index (χ0n) is 11.6. The van der Waals surface area contributed by atoms with Gasteiger partial charge in [0, 0.05) is 19.1 Å². The van der Waals surface area contributed by atoms with Gasteiger partial charge in [-0.1, -0.05) is 26.0 Å². The zero-order chi connectivity index (χ0) is 13.0. The maximum atomic E-state index is 5.65. The average Bonchev–Trinajstić information content (AvgIpc) is 2.38. The largest absolute Gasteiger partial charge is 0.493 e. The third-order valence-electron chi connectivity index (χ3n) is 3.50. The predicted octanol–water partition coefficient (Wildman–Crippen LogP) is 2.48. The molecule has 0 aliphatic carbocycles. The third-order valence-corrected chi connectivity index (χ3v) is 3.50. The Morgan fingerprint density at radius 3 is 3.00 bits per heavy atom. The summed E-state index contributed by atoms with van der Waals surface area (Å²) in [4.78, 5) is 0. The fraction of sp³-hybridized carbons (Fsp3) is 0.600. The van der Waals surface area contributed by atoms with E-state index >= 15 is 0 Å². The summed E-state index contributed by atoms with van der Waals surface area (Å²) < 4.78 is 10.7. The molecule has 0 fully saturated rings. The molecule has 2 rings (SSSR count).